The van der Waals surface area contributed by atoms with Crippen LogP contribution in [0, 0.1) is 10.1 Å². The van der Waals surface area contributed by atoms with Crippen LogP contribution in [-0.2, 0) is 9.59 Å². The number of hydrogen-bond donors (Lipinski definition) is 1. The standard InChI is InChI=1S/C19H14ClNO5/c20-19-10-5-15(21(25)26)11-14(19)4-9-18(24)12-17(23)8-3-13-1-6-16(22)7-2-13/h1-11,22H,12H2/b8-3+,9-4+. The summed E-state index contributed by atoms with van der Waals surface area (Å²) >= 11 is 5.94. The van der Waals surface area contributed by atoms with E-state index < -0.39 is 16.5 Å². The van der Waals surface area contributed by atoms with Crippen molar-refractivity contribution in [1.82, 2.24) is 0 Å². The van der Waals surface area contributed by atoms with Crippen LogP contribution in [-0.4, -0.2) is 21.6 Å². The van der Waals surface area contributed by atoms with Gasteiger partial charge in [0.15, 0.2) is 11.6 Å². The van der Waals surface area contributed by atoms with Gasteiger partial charge in [0.05, 0.1) is 11.3 Å². The van der Waals surface area contributed by atoms with Gasteiger partial charge >= 0.3 is 0 Å². The molecular formula is C19H14ClNO5. The maximum absolute atomic E-state index is 11.9. The van der Waals surface area contributed by atoms with Crippen molar-refractivity contribution >= 4 is 41.0 Å². The second-order valence-electron chi connectivity index (χ2n) is 5.33. The third-order valence-electron chi connectivity index (χ3n) is 3.34. The fourth-order valence-electron chi connectivity index (χ4n) is 2.02. The molecule has 0 atom stereocenters. The first-order valence-corrected chi connectivity index (χ1v) is 7.88. The van der Waals surface area contributed by atoms with Gasteiger partial charge in [0, 0.05) is 17.2 Å². The average Bonchev–Trinajstić information content (AvgIpc) is 2.60. The molecule has 132 valence electrons. The summed E-state index contributed by atoms with van der Waals surface area (Å²) in [5.74, 6) is -0.723. The zero-order chi connectivity index (χ0) is 19.1. The summed E-state index contributed by atoms with van der Waals surface area (Å²) in [6.07, 6.45) is 4.98. The van der Waals surface area contributed by atoms with Gasteiger partial charge in [-0.3, -0.25) is 19.7 Å². The molecule has 26 heavy (non-hydrogen) atoms. The number of nitrogens with zero attached hydrogens (tertiary/aromatic N) is 1. The van der Waals surface area contributed by atoms with Crippen LogP contribution in [0.2, 0.25) is 5.02 Å². The van der Waals surface area contributed by atoms with E-state index in [9.17, 15) is 24.8 Å². The van der Waals surface area contributed by atoms with Gasteiger partial charge in [0.1, 0.15) is 5.75 Å². The van der Waals surface area contributed by atoms with E-state index in [0.717, 1.165) is 6.08 Å². The maximum atomic E-state index is 11.9. The number of hydrogen-bond acceptors (Lipinski definition) is 5. The molecule has 6 nitrogen and oxygen atoms in total. The minimum atomic E-state index is -0.562. The minimum absolute atomic E-state index is 0.119. The number of allylic oxidation sites excluding steroid dienone is 2. The highest BCUT2D eigenvalue weighted by Crippen LogP contribution is 2.23. The minimum Gasteiger partial charge on any atom is -0.508 e. The molecule has 0 radical (unpaired) electrons. The molecule has 2 rings (SSSR count). The Balaban J connectivity index is 1.98. The Morgan fingerprint density at radius 2 is 1.65 bits per heavy atom. The van der Waals surface area contributed by atoms with Gasteiger partial charge in [-0.25, -0.2) is 0 Å². The van der Waals surface area contributed by atoms with Crippen molar-refractivity contribution in [3.8, 4) is 5.75 Å². The van der Waals surface area contributed by atoms with Crippen LogP contribution in [0.4, 0.5) is 5.69 Å². The van der Waals surface area contributed by atoms with Crippen molar-refractivity contribution in [2.75, 3.05) is 0 Å². The van der Waals surface area contributed by atoms with Gasteiger partial charge in [0.2, 0.25) is 0 Å². The molecule has 0 spiro atoms. The number of halogens is 1. The molecule has 0 saturated carbocycles. The predicted octanol–water partition coefficient (Wildman–Crippen LogP) is 4.21. The van der Waals surface area contributed by atoms with Crippen LogP contribution in [0.1, 0.15) is 17.5 Å². The quantitative estimate of drug-likeness (QED) is 0.340. The molecule has 0 aliphatic rings. The summed E-state index contributed by atoms with van der Waals surface area (Å²) in [6.45, 7) is 0. The molecule has 0 bridgehead atoms. The summed E-state index contributed by atoms with van der Waals surface area (Å²) in [7, 11) is 0. The number of rotatable bonds is 7. The van der Waals surface area contributed by atoms with E-state index in [1.165, 1.54) is 48.6 Å². The van der Waals surface area contributed by atoms with Crippen molar-refractivity contribution in [3.05, 3.63) is 80.9 Å². The SMILES string of the molecule is O=C(/C=C/c1ccc(O)cc1)CC(=O)/C=C/c1cc([N+](=O)[O-])ccc1Cl. The van der Waals surface area contributed by atoms with E-state index in [1.54, 1.807) is 12.1 Å². The van der Waals surface area contributed by atoms with Gasteiger partial charge in [-0.1, -0.05) is 29.8 Å². The number of non-ortho nitro benzene ring substituents is 1. The average molecular weight is 372 g/mol. The molecule has 0 heterocycles. The number of nitro groups is 1. The van der Waals surface area contributed by atoms with Crippen LogP contribution >= 0.6 is 11.6 Å². The van der Waals surface area contributed by atoms with Gasteiger partial charge in [-0.05, 0) is 47.6 Å². The van der Waals surface area contributed by atoms with Gasteiger partial charge < -0.3 is 5.11 Å². The summed E-state index contributed by atoms with van der Waals surface area (Å²) in [6, 6.07) is 10.1. The van der Waals surface area contributed by atoms with Crippen LogP contribution in [0.3, 0.4) is 0 Å². The second-order valence-corrected chi connectivity index (χ2v) is 5.74. The van der Waals surface area contributed by atoms with Crippen molar-refractivity contribution in [3.63, 3.8) is 0 Å². The zero-order valence-electron chi connectivity index (χ0n) is 13.5. The smallest absolute Gasteiger partial charge is 0.270 e. The topological polar surface area (TPSA) is 97.5 Å². The molecule has 1 N–H and O–H groups in total. The maximum Gasteiger partial charge on any atom is 0.270 e. The lowest BCUT2D eigenvalue weighted by Crippen LogP contribution is -2.01. The first-order chi connectivity index (χ1) is 12.3. The highest BCUT2D eigenvalue weighted by molar-refractivity contribution is 6.32. The summed E-state index contributed by atoms with van der Waals surface area (Å²) in [5, 5.41) is 20.2. The lowest BCUT2D eigenvalue weighted by Gasteiger charge is -1.98. The van der Waals surface area contributed by atoms with E-state index in [0.29, 0.717) is 11.1 Å². The predicted molar refractivity (Wildman–Crippen MR) is 98.9 cm³/mol. The molecule has 7 heteroatoms. The lowest BCUT2D eigenvalue weighted by molar-refractivity contribution is -0.384. The molecule has 2 aromatic carbocycles. The summed E-state index contributed by atoms with van der Waals surface area (Å²) in [5.41, 5.74) is 0.887. The van der Waals surface area contributed by atoms with Crippen molar-refractivity contribution in [2.24, 2.45) is 0 Å². The number of benzene rings is 2. The number of aromatic hydroxyl groups is 1. The van der Waals surface area contributed by atoms with Crippen molar-refractivity contribution in [2.45, 2.75) is 6.42 Å². The fraction of sp³-hybridized carbons (Fsp3) is 0.0526. The van der Waals surface area contributed by atoms with Crippen molar-refractivity contribution in [1.29, 1.82) is 0 Å². The monoisotopic (exact) mass is 371 g/mol. The highest BCUT2D eigenvalue weighted by Gasteiger charge is 2.09. The molecule has 0 amide bonds. The molecule has 0 aliphatic carbocycles. The van der Waals surface area contributed by atoms with E-state index in [4.69, 9.17) is 11.6 Å². The number of nitro benzene ring substituents is 1. The van der Waals surface area contributed by atoms with Crippen molar-refractivity contribution < 1.29 is 19.6 Å². The largest absolute Gasteiger partial charge is 0.508 e. The number of phenolic OH excluding ortho intramolecular Hbond substituents is 1. The Kier molecular flexibility index (Phi) is 6.41. The molecule has 0 saturated heterocycles. The third-order valence-corrected chi connectivity index (χ3v) is 3.69. The van der Waals surface area contributed by atoms with Crippen LogP contribution in [0.25, 0.3) is 12.2 Å². The Bertz CT molecular complexity index is 901. The Hall–Kier alpha value is -3.25. The number of ketones is 2. The molecule has 0 fully saturated rings. The lowest BCUT2D eigenvalue weighted by atomic mass is 10.1. The van der Waals surface area contributed by atoms with E-state index in [2.05, 4.69) is 0 Å². The first-order valence-electron chi connectivity index (χ1n) is 7.50. The number of carbonyl (C=O) groups excluding carboxylic acids is 2. The summed E-state index contributed by atoms with van der Waals surface area (Å²) < 4.78 is 0. The first kappa shape index (κ1) is 19.1. The van der Waals surface area contributed by atoms with E-state index in [1.807, 2.05) is 0 Å². The second kappa shape index (κ2) is 8.73. The highest BCUT2D eigenvalue weighted by atomic mass is 35.5. The van der Waals surface area contributed by atoms with Crippen LogP contribution in [0.15, 0.2) is 54.6 Å². The number of carbonyl (C=O) groups is 2. The third kappa shape index (κ3) is 5.68. The Morgan fingerprint density at radius 3 is 2.27 bits per heavy atom. The van der Waals surface area contributed by atoms with Gasteiger partial charge in [0.25, 0.3) is 5.69 Å². The van der Waals surface area contributed by atoms with E-state index in [-0.39, 0.29) is 22.9 Å². The van der Waals surface area contributed by atoms with Crippen LogP contribution in [0.5, 0.6) is 5.75 Å². The summed E-state index contributed by atoms with van der Waals surface area (Å²) in [4.78, 5) is 33.9. The zero-order valence-corrected chi connectivity index (χ0v) is 14.2. The van der Waals surface area contributed by atoms with E-state index >= 15 is 0 Å². The number of phenols is 1. The Morgan fingerprint density at radius 1 is 1.04 bits per heavy atom. The molecular weight excluding hydrogens is 358 g/mol. The molecule has 2 aromatic rings. The van der Waals surface area contributed by atoms with Gasteiger partial charge in [-0.2, -0.15) is 0 Å². The Labute approximate surface area is 154 Å². The normalized spacial score (nSPS) is 11.1. The molecule has 0 unspecified atom stereocenters. The fourth-order valence-corrected chi connectivity index (χ4v) is 2.20. The van der Waals surface area contributed by atoms with Crippen LogP contribution < -0.4 is 0 Å². The molecule has 0 aliphatic heterocycles. The molecule has 0 aromatic heterocycles. The van der Waals surface area contributed by atoms with Gasteiger partial charge in [-0.15, -0.1) is 0 Å².